The molecule has 0 spiro atoms. The topological polar surface area (TPSA) is 72.9 Å². The maximum absolute atomic E-state index is 12.7. The van der Waals surface area contributed by atoms with Gasteiger partial charge in [0, 0.05) is 12.2 Å². The maximum atomic E-state index is 12.7. The van der Waals surface area contributed by atoms with E-state index in [1.165, 1.54) is 12.0 Å². The van der Waals surface area contributed by atoms with Crippen LogP contribution >= 0.6 is 0 Å². The van der Waals surface area contributed by atoms with Crippen molar-refractivity contribution in [2.75, 3.05) is 20.3 Å². The van der Waals surface area contributed by atoms with Gasteiger partial charge in [0.2, 0.25) is 0 Å². The van der Waals surface area contributed by atoms with Crippen LogP contribution in [0.4, 0.5) is 0 Å². The van der Waals surface area contributed by atoms with E-state index < -0.39 is 11.9 Å². The molecule has 1 amide bonds. The van der Waals surface area contributed by atoms with Crippen molar-refractivity contribution < 1.29 is 23.9 Å². The molecule has 6 heteroatoms. The molecule has 0 saturated carbocycles. The molecule has 136 valence electrons. The van der Waals surface area contributed by atoms with E-state index in [1.807, 2.05) is 0 Å². The summed E-state index contributed by atoms with van der Waals surface area (Å²) in [5.41, 5.74) is 2.12. The van der Waals surface area contributed by atoms with E-state index in [4.69, 9.17) is 4.74 Å². The summed E-state index contributed by atoms with van der Waals surface area (Å²) in [6.07, 6.45) is 3.21. The number of ether oxygens (including phenoxy) is 2. The van der Waals surface area contributed by atoms with Crippen molar-refractivity contribution in [3.8, 4) is 0 Å². The molecule has 0 fully saturated rings. The molecule has 1 aliphatic heterocycles. The molecular weight excluding hydrogens is 334 g/mol. The molecule has 26 heavy (non-hydrogen) atoms. The Morgan fingerprint density at radius 3 is 2.38 bits per heavy atom. The number of nitrogens with zero attached hydrogens (tertiary/aromatic N) is 1. The van der Waals surface area contributed by atoms with Gasteiger partial charge in [-0.05, 0) is 37.6 Å². The average molecular weight is 355 g/mol. The number of allylic oxidation sites excluding steroid dienone is 1. The standard InChI is InChI=1S/C20H21NO5/c1-5-11-21-13(3)17(20(24)26-6-2)16(18(21)22)12-14-7-9-15(10-8-14)19(23)25-4/h5,7-10,12H,1,6,11H2,2-4H3/b16-12+. The monoisotopic (exact) mass is 355 g/mol. The molecule has 1 aromatic carbocycles. The number of rotatable bonds is 6. The summed E-state index contributed by atoms with van der Waals surface area (Å²) in [6, 6.07) is 6.56. The molecule has 1 heterocycles. The first-order valence-electron chi connectivity index (χ1n) is 8.15. The van der Waals surface area contributed by atoms with Crippen molar-refractivity contribution in [3.05, 3.63) is 64.9 Å². The van der Waals surface area contributed by atoms with Gasteiger partial charge in [0.25, 0.3) is 5.91 Å². The van der Waals surface area contributed by atoms with Gasteiger partial charge in [-0.3, -0.25) is 4.79 Å². The third-order valence-electron chi connectivity index (χ3n) is 3.95. The number of hydrogen-bond donors (Lipinski definition) is 0. The predicted molar refractivity (Wildman–Crippen MR) is 97.0 cm³/mol. The van der Waals surface area contributed by atoms with Gasteiger partial charge in [0.1, 0.15) is 0 Å². The van der Waals surface area contributed by atoms with Gasteiger partial charge in [-0.2, -0.15) is 0 Å². The summed E-state index contributed by atoms with van der Waals surface area (Å²) in [6.45, 7) is 7.57. The second-order valence-corrected chi connectivity index (χ2v) is 5.56. The van der Waals surface area contributed by atoms with Crippen molar-refractivity contribution in [2.24, 2.45) is 0 Å². The minimum Gasteiger partial charge on any atom is -0.465 e. The quantitative estimate of drug-likeness (QED) is 0.446. The fourth-order valence-electron chi connectivity index (χ4n) is 2.68. The Morgan fingerprint density at radius 1 is 1.19 bits per heavy atom. The number of esters is 2. The molecule has 0 aliphatic carbocycles. The fraction of sp³-hybridized carbons (Fsp3) is 0.250. The number of amides is 1. The summed E-state index contributed by atoms with van der Waals surface area (Å²) >= 11 is 0. The molecule has 2 rings (SSSR count). The third-order valence-corrected chi connectivity index (χ3v) is 3.95. The smallest absolute Gasteiger partial charge is 0.340 e. The van der Waals surface area contributed by atoms with E-state index in [0.29, 0.717) is 23.4 Å². The van der Waals surface area contributed by atoms with E-state index in [9.17, 15) is 14.4 Å². The highest BCUT2D eigenvalue weighted by molar-refractivity contribution is 6.16. The van der Waals surface area contributed by atoms with Gasteiger partial charge < -0.3 is 14.4 Å². The van der Waals surface area contributed by atoms with Crippen LogP contribution in [0, 0.1) is 0 Å². The van der Waals surface area contributed by atoms with Crippen LogP contribution in [-0.2, 0) is 19.1 Å². The summed E-state index contributed by atoms with van der Waals surface area (Å²) in [5, 5.41) is 0. The average Bonchev–Trinajstić information content (AvgIpc) is 2.86. The first-order chi connectivity index (χ1) is 12.4. The van der Waals surface area contributed by atoms with Crippen molar-refractivity contribution in [1.29, 1.82) is 0 Å². The first kappa shape index (κ1) is 19.2. The Morgan fingerprint density at radius 2 is 1.85 bits per heavy atom. The van der Waals surface area contributed by atoms with Crippen LogP contribution in [-0.4, -0.2) is 43.0 Å². The largest absolute Gasteiger partial charge is 0.465 e. The molecule has 1 aliphatic rings. The second kappa shape index (κ2) is 8.29. The van der Waals surface area contributed by atoms with Gasteiger partial charge in [0.05, 0.1) is 30.4 Å². The molecule has 0 saturated heterocycles. The Bertz CT molecular complexity index is 802. The number of methoxy groups -OCH3 is 1. The second-order valence-electron chi connectivity index (χ2n) is 5.56. The van der Waals surface area contributed by atoms with E-state index in [-0.39, 0.29) is 23.7 Å². The Labute approximate surface area is 152 Å². The first-order valence-corrected chi connectivity index (χ1v) is 8.15. The Kier molecular flexibility index (Phi) is 6.11. The van der Waals surface area contributed by atoms with Crippen LogP contribution in [0.25, 0.3) is 6.08 Å². The highest BCUT2D eigenvalue weighted by Gasteiger charge is 2.36. The van der Waals surface area contributed by atoms with E-state index in [0.717, 1.165) is 0 Å². The summed E-state index contributed by atoms with van der Waals surface area (Å²) in [4.78, 5) is 38.1. The van der Waals surface area contributed by atoms with Gasteiger partial charge in [-0.1, -0.05) is 18.2 Å². The van der Waals surface area contributed by atoms with Crippen molar-refractivity contribution >= 4 is 23.9 Å². The van der Waals surface area contributed by atoms with Crippen LogP contribution < -0.4 is 0 Å². The van der Waals surface area contributed by atoms with Crippen molar-refractivity contribution in [3.63, 3.8) is 0 Å². The van der Waals surface area contributed by atoms with Crippen LogP contribution in [0.3, 0.4) is 0 Å². The van der Waals surface area contributed by atoms with E-state index in [1.54, 1.807) is 50.3 Å². The molecular formula is C20H21NO5. The molecule has 0 unspecified atom stereocenters. The number of carbonyl (C=O) groups is 3. The Hall–Kier alpha value is -3.15. The summed E-state index contributed by atoms with van der Waals surface area (Å²) in [7, 11) is 1.31. The minimum absolute atomic E-state index is 0.215. The molecule has 0 atom stereocenters. The SMILES string of the molecule is C=CCN1C(=O)/C(=C/c2ccc(C(=O)OC)cc2)C(C(=O)OCC)=C1C. The number of hydrogen-bond acceptors (Lipinski definition) is 5. The summed E-state index contributed by atoms with van der Waals surface area (Å²) < 4.78 is 9.76. The molecule has 6 nitrogen and oxygen atoms in total. The van der Waals surface area contributed by atoms with Crippen LogP contribution in [0.1, 0.15) is 29.8 Å². The lowest BCUT2D eigenvalue weighted by atomic mass is 10.0. The third kappa shape index (κ3) is 3.74. The lowest BCUT2D eigenvalue weighted by Crippen LogP contribution is -2.24. The molecule has 1 aromatic rings. The molecule has 0 bridgehead atoms. The van der Waals surface area contributed by atoms with E-state index in [2.05, 4.69) is 11.3 Å². The predicted octanol–water partition coefficient (Wildman–Crippen LogP) is 2.72. The van der Waals surface area contributed by atoms with Gasteiger partial charge in [0.15, 0.2) is 0 Å². The minimum atomic E-state index is -0.539. The van der Waals surface area contributed by atoms with Crippen molar-refractivity contribution in [2.45, 2.75) is 13.8 Å². The van der Waals surface area contributed by atoms with Crippen LogP contribution in [0.2, 0.25) is 0 Å². The lowest BCUT2D eigenvalue weighted by molar-refractivity contribution is -0.138. The van der Waals surface area contributed by atoms with Crippen LogP contribution in [0.5, 0.6) is 0 Å². The number of carbonyl (C=O) groups excluding carboxylic acids is 3. The maximum Gasteiger partial charge on any atom is 0.340 e. The zero-order valence-corrected chi connectivity index (χ0v) is 15.1. The highest BCUT2D eigenvalue weighted by atomic mass is 16.5. The van der Waals surface area contributed by atoms with Gasteiger partial charge in [-0.15, -0.1) is 6.58 Å². The van der Waals surface area contributed by atoms with Gasteiger partial charge in [-0.25, -0.2) is 9.59 Å². The van der Waals surface area contributed by atoms with E-state index >= 15 is 0 Å². The normalized spacial score (nSPS) is 15.4. The lowest BCUT2D eigenvalue weighted by Gasteiger charge is -2.14. The fourth-order valence-corrected chi connectivity index (χ4v) is 2.68. The molecule has 0 radical (unpaired) electrons. The van der Waals surface area contributed by atoms with Gasteiger partial charge >= 0.3 is 11.9 Å². The molecule has 0 aromatic heterocycles. The van der Waals surface area contributed by atoms with Crippen LogP contribution in [0.15, 0.2) is 53.8 Å². The number of benzene rings is 1. The summed E-state index contributed by atoms with van der Waals surface area (Å²) in [5.74, 6) is -1.27. The molecule has 0 N–H and O–H groups in total. The highest BCUT2D eigenvalue weighted by Crippen LogP contribution is 2.31. The zero-order valence-electron chi connectivity index (χ0n) is 15.1. The van der Waals surface area contributed by atoms with Crippen molar-refractivity contribution in [1.82, 2.24) is 4.90 Å². The zero-order chi connectivity index (χ0) is 19.3. The Balaban J connectivity index is 2.45.